The normalized spacial score (nSPS) is 14.0. The molecule has 0 saturated heterocycles. The Morgan fingerprint density at radius 3 is 2.19 bits per heavy atom. The lowest BCUT2D eigenvalue weighted by atomic mass is 9.76. The quantitative estimate of drug-likeness (QED) is 0.865. The Morgan fingerprint density at radius 1 is 1.05 bits per heavy atom. The average molecular weight is 356 g/mol. The molecule has 1 atom stereocenters. The molecule has 0 bridgehead atoms. The van der Waals surface area contributed by atoms with E-state index in [4.69, 9.17) is 5.73 Å². The van der Waals surface area contributed by atoms with Gasteiger partial charge in [0.05, 0.1) is 6.61 Å². The first-order valence-electron chi connectivity index (χ1n) is 6.52. The molecule has 0 spiro atoms. The van der Waals surface area contributed by atoms with Gasteiger partial charge in [-0.15, -0.1) is 0 Å². The molecule has 0 amide bonds. The number of nitrogens with two attached hydrogens (primary N) is 1. The summed E-state index contributed by atoms with van der Waals surface area (Å²) in [4.78, 5) is 0. The first-order chi connectivity index (χ1) is 10.0. The maximum atomic E-state index is 13.2. The summed E-state index contributed by atoms with van der Waals surface area (Å²) in [6.07, 6.45) is 0.423. The number of benzene rings is 2. The highest BCUT2D eigenvalue weighted by molar-refractivity contribution is 9.10. The molecular weight excluding hydrogens is 340 g/mol. The zero-order valence-corrected chi connectivity index (χ0v) is 12.9. The van der Waals surface area contributed by atoms with Crippen LogP contribution in [0.3, 0.4) is 0 Å². The smallest absolute Gasteiger partial charge is 0.124 e. The lowest BCUT2D eigenvalue weighted by Gasteiger charge is -2.31. The highest BCUT2D eigenvalue weighted by atomic mass is 79.9. The monoisotopic (exact) mass is 355 g/mol. The molecule has 0 saturated carbocycles. The van der Waals surface area contributed by atoms with Gasteiger partial charge in [-0.25, -0.2) is 8.78 Å². The van der Waals surface area contributed by atoms with Gasteiger partial charge in [-0.3, -0.25) is 0 Å². The van der Waals surface area contributed by atoms with E-state index >= 15 is 0 Å². The highest BCUT2D eigenvalue weighted by Crippen LogP contribution is 2.31. The van der Waals surface area contributed by atoms with Gasteiger partial charge in [0.2, 0.25) is 0 Å². The van der Waals surface area contributed by atoms with Crippen LogP contribution < -0.4 is 5.73 Å². The second-order valence-electron chi connectivity index (χ2n) is 5.06. The summed E-state index contributed by atoms with van der Waals surface area (Å²) in [6.45, 7) is 0.0118. The molecule has 0 aliphatic rings. The molecule has 112 valence electrons. The van der Waals surface area contributed by atoms with Crippen molar-refractivity contribution in [3.05, 3.63) is 69.7 Å². The van der Waals surface area contributed by atoms with E-state index in [0.29, 0.717) is 10.9 Å². The third-order valence-corrected chi connectivity index (χ3v) is 4.43. The van der Waals surface area contributed by atoms with Crippen molar-refractivity contribution < 1.29 is 13.9 Å². The van der Waals surface area contributed by atoms with Gasteiger partial charge in [-0.2, -0.15) is 0 Å². The van der Waals surface area contributed by atoms with Crippen molar-refractivity contribution in [2.45, 2.75) is 11.8 Å². The van der Waals surface area contributed by atoms with Crippen molar-refractivity contribution in [3.8, 4) is 0 Å². The van der Waals surface area contributed by atoms with Crippen molar-refractivity contribution in [2.24, 2.45) is 5.73 Å². The predicted molar refractivity (Wildman–Crippen MR) is 82.0 cm³/mol. The summed E-state index contributed by atoms with van der Waals surface area (Å²) in [7, 11) is 0. The first kappa shape index (κ1) is 16.1. The summed E-state index contributed by atoms with van der Waals surface area (Å²) >= 11 is 3.32. The predicted octanol–water partition coefficient (Wildman–Crippen LogP) is 3.16. The fourth-order valence-electron chi connectivity index (χ4n) is 2.34. The van der Waals surface area contributed by atoms with E-state index in [1.165, 1.54) is 24.3 Å². The Hall–Kier alpha value is -1.30. The van der Waals surface area contributed by atoms with E-state index < -0.39 is 5.41 Å². The highest BCUT2D eigenvalue weighted by Gasteiger charge is 2.31. The summed E-state index contributed by atoms with van der Waals surface area (Å²) in [5.74, 6) is -0.680. The number of hydrogen-bond donors (Lipinski definition) is 2. The van der Waals surface area contributed by atoms with Gasteiger partial charge in [0.1, 0.15) is 11.6 Å². The van der Waals surface area contributed by atoms with Crippen LogP contribution in [0.2, 0.25) is 0 Å². The van der Waals surface area contributed by atoms with Crippen LogP contribution >= 0.6 is 15.9 Å². The number of rotatable bonds is 5. The van der Waals surface area contributed by atoms with Crippen molar-refractivity contribution in [1.82, 2.24) is 0 Å². The molecular formula is C16H16BrF2NO. The zero-order chi connectivity index (χ0) is 15.5. The number of halogens is 3. The fraction of sp³-hybridized carbons (Fsp3) is 0.250. The Morgan fingerprint density at radius 2 is 1.67 bits per heavy atom. The van der Waals surface area contributed by atoms with Crippen molar-refractivity contribution in [2.75, 3.05) is 13.2 Å². The van der Waals surface area contributed by atoms with Gasteiger partial charge in [-0.1, -0.05) is 34.1 Å². The van der Waals surface area contributed by atoms with Gasteiger partial charge in [0.15, 0.2) is 0 Å². The third-order valence-electron chi connectivity index (χ3n) is 3.69. The van der Waals surface area contributed by atoms with E-state index in [1.807, 2.05) is 0 Å². The second kappa shape index (κ2) is 6.64. The lowest BCUT2D eigenvalue weighted by molar-refractivity contribution is 0.196. The number of aliphatic hydroxyl groups excluding tert-OH is 1. The maximum absolute atomic E-state index is 13.2. The van der Waals surface area contributed by atoms with Crippen LogP contribution in [-0.4, -0.2) is 18.3 Å². The molecule has 2 aromatic carbocycles. The van der Waals surface area contributed by atoms with E-state index in [9.17, 15) is 13.9 Å². The van der Waals surface area contributed by atoms with E-state index in [0.717, 1.165) is 11.1 Å². The molecule has 2 nitrogen and oxygen atoms in total. The van der Waals surface area contributed by atoms with E-state index in [-0.39, 0.29) is 24.8 Å². The standard InChI is InChI=1S/C16H16BrF2NO/c17-15-7-14(19)4-1-11(15)8-16(9-20,10-21)12-2-5-13(18)6-3-12/h1-7,21H,8-10,20H2. The molecule has 5 heteroatoms. The molecule has 0 aliphatic carbocycles. The summed E-state index contributed by atoms with van der Waals surface area (Å²) < 4.78 is 26.9. The number of hydrogen-bond acceptors (Lipinski definition) is 2. The van der Waals surface area contributed by atoms with Crippen molar-refractivity contribution in [1.29, 1.82) is 0 Å². The number of aliphatic hydroxyl groups is 1. The van der Waals surface area contributed by atoms with Crippen LogP contribution in [0.15, 0.2) is 46.9 Å². The SMILES string of the molecule is NCC(CO)(Cc1ccc(F)cc1Br)c1ccc(F)cc1. The van der Waals surface area contributed by atoms with E-state index in [1.54, 1.807) is 18.2 Å². The lowest BCUT2D eigenvalue weighted by Crippen LogP contribution is -2.41. The molecule has 0 aromatic heterocycles. The summed E-state index contributed by atoms with van der Waals surface area (Å²) in [5.41, 5.74) is 6.73. The van der Waals surface area contributed by atoms with Gasteiger partial charge >= 0.3 is 0 Å². The third kappa shape index (κ3) is 3.48. The average Bonchev–Trinajstić information content (AvgIpc) is 2.48. The van der Waals surface area contributed by atoms with Gasteiger partial charge in [0, 0.05) is 16.4 Å². The molecule has 1 unspecified atom stereocenters. The molecule has 3 N–H and O–H groups in total. The van der Waals surface area contributed by atoms with Crippen LogP contribution in [0.1, 0.15) is 11.1 Å². The van der Waals surface area contributed by atoms with Crippen LogP contribution in [0.5, 0.6) is 0 Å². The van der Waals surface area contributed by atoms with Crippen LogP contribution in [0.25, 0.3) is 0 Å². The van der Waals surface area contributed by atoms with E-state index in [2.05, 4.69) is 15.9 Å². The Labute approximate surface area is 130 Å². The zero-order valence-electron chi connectivity index (χ0n) is 11.3. The Balaban J connectivity index is 2.40. The Bertz CT molecular complexity index is 612. The van der Waals surface area contributed by atoms with Gasteiger partial charge < -0.3 is 10.8 Å². The Kier molecular flexibility index (Phi) is 5.08. The topological polar surface area (TPSA) is 46.2 Å². The van der Waals surface area contributed by atoms with Gasteiger partial charge in [-0.05, 0) is 41.8 Å². The maximum Gasteiger partial charge on any atom is 0.124 e. The first-order valence-corrected chi connectivity index (χ1v) is 7.31. The molecule has 0 radical (unpaired) electrons. The van der Waals surface area contributed by atoms with Crippen molar-refractivity contribution in [3.63, 3.8) is 0 Å². The molecule has 2 rings (SSSR count). The van der Waals surface area contributed by atoms with Crippen LogP contribution in [0, 0.1) is 11.6 Å². The minimum atomic E-state index is -0.728. The fourth-order valence-corrected chi connectivity index (χ4v) is 2.83. The van der Waals surface area contributed by atoms with Crippen molar-refractivity contribution >= 4 is 15.9 Å². The summed E-state index contributed by atoms with van der Waals surface area (Å²) in [6, 6.07) is 10.3. The minimum absolute atomic E-state index is 0.182. The second-order valence-corrected chi connectivity index (χ2v) is 5.92. The molecule has 0 aliphatic heterocycles. The van der Waals surface area contributed by atoms with Crippen LogP contribution in [-0.2, 0) is 11.8 Å². The molecule has 2 aromatic rings. The molecule has 21 heavy (non-hydrogen) atoms. The molecule has 0 fully saturated rings. The minimum Gasteiger partial charge on any atom is -0.395 e. The molecule has 0 heterocycles. The summed E-state index contributed by atoms with van der Waals surface area (Å²) in [5, 5.41) is 9.84. The van der Waals surface area contributed by atoms with Gasteiger partial charge in [0.25, 0.3) is 0 Å². The van der Waals surface area contributed by atoms with Crippen LogP contribution in [0.4, 0.5) is 8.78 Å². The largest absolute Gasteiger partial charge is 0.395 e.